The third-order valence-corrected chi connectivity index (χ3v) is 8.94. The van der Waals surface area contributed by atoms with Gasteiger partial charge in [-0.3, -0.25) is 9.69 Å². The summed E-state index contributed by atoms with van der Waals surface area (Å²) in [6.07, 6.45) is -5.92. The molecule has 1 saturated carbocycles. The number of amides is 1. The summed E-state index contributed by atoms with van der Waals surface area (Å²) in [5.41, 5.74) is -0.776. The van der Waals surface area contributed by atoms with E-state index in [2.05, 4.69) is 15.5 Å². The van der Waals surface area contributed by atoms with E-state index in [1.54, 1.807) is 35.9 Å². The first-order chi connectivity index (χ1) is 19.8. The molecule has 3 heterocycles. The van der Waals surface area contributed by atoms with Crippen molar-refractivity contribution in [3.63, 3.8) is 0 Å². The highest BCUT2D eigenvalue weighted by atomic mass is 19.4. The fourth-order valence-corrected chi connectivity index (χ4v) is 6.35. The number of carbonyl (C=O) groups excluding carboxylic acids is 1. The van der Waals surface area contributed by atoms with Gasteiger partial charge in [-0.1, -0.05) is 12.1 Å². The number of nitrogens with one attached hydrogen (secondary N) is 1. The second kappa shape index (κ2) is 10.1. The number of alkyl halides is 6. The van der Waals surface area contributed by atoms with Crippen LogP contribution in [0.15, 0.2) is 42.7 Å². The number of fused-ring (bicyclic) bond motifs is 1. The molecule has 3 aromatic rings. The summed E-state index contributed by atoms with van der Waals surface area (Å²) in [6.45, 7) is 1.73. The van der Waals surface area contributed by atoms with E-state index in [9.17, 15) is 31.1 Å². The molecule has 2 fully saturated rings. The standard InChI is InChI=1S/C29H30F6N6O/c1-27(7-4-8-27)36-12-17-9-20-21(22(10-17)29(33,34)35)13-41(25(20)42)19-6-3-5-18(11-19)28(26-38-37-16-39(26)2)14-40(15-28)24(32)23(30)31/h3,5-6,9-11,16,23-24,36H,4,7-8,12-15H2,1-2H3. The van der Waals surface area contributed by atoms with E-state index in [0.717, 1.165) is 30.2 Å². The van der Waals surface area contributed by atoms with Crippen molar-refractivity contribution in [3.05, 3.63) is 76.4 Å². The molecule has 0 radical (unpaired) electrons. The minimum Gasteiger partial charge on any atom is -0.320 e. The van der Waals surface area contributed by atoms with Crippen molar-refractivity contribution in [3.8, 4) is 0 Å². The minimum atomic E-state index is -4.66. The molecular formula is C29H30F6N6O. The van der Waals surface area contributed by atoms with Crippen LogP contribution in [0.1, 0.15) is 64.6 Å². The average Bonchev–Trinajstić information content (AvgIpc) is 3.48. The van der Waals surface area contributed by atoms with Gasteiger partial charge in [-0.15, -0.1) is 10.2 Å². The lowest BCUT2D eigenvalue weighted by Gasteiger charge is -2.50. The van der Waals surface area contributed by atoms with Gasteiger partial charge in [0.25, 0.3) is 12.3 Å². The zero-order chi connectivity index (χ0) is 30.0. The van der Waals surface area contributed by atoms with E-state index in [1.165, 1.54) is 17.3 Å². The van der Waals surface area contributed by atoms with Crippen LogP contribution in [0.25, 0.3) is 0 Å². The van der Waals surface area contributed by atoms with E-state index in [-0.39, 0.29) is 42.8 Å². The van der Waals surface area contributed by atoms with Crippen molar-refractivity contribution in [2.75, 3.05) is 18.0 Å². The number of benzene rings is 2. The number of likely N-dealkylation sites (tertiary alicyclic amines) is 1. The van der Waals surface area contributed by atoms with Crippen LogP contribution in [0.4, 0.5) is 32.0 Å². The molecule has 2 aromatic carbocycles. The molecule has 1 unspecified atom stereocenters. The Balaban J connectivity index is 1.33. The Bertz CT molecular complexity index is 1510. The third-order valence-electron chi connectivity index (χ3n) is 8.94. The Morgan fingerprint density at radius 3 is 2.43 bits per heavy atom. The predicted octanol–water partition coefficient (Wildman–Crippen LogP) is 5.19. The van der Waals surface area contributed by atoms with Gasteiger partial charge in [0.15, 0.2) is 0 Å². The molecule has 42 heavy (non-hydrogen) atoms. The third kappa shape index (κ3) is 4.76. The molecule has 1 atom stereocenters. The van der Waals surface area contributed by atoms with Crippen molar-refractivity contribution < 1.29 is 31.1 Å². The van der Waals surface area contributed by atoms with E-state index in [1.807, 2.05) is 6.92 Å². The summed E-state index contributed by atoms with van der Waals surface area (Å²) in [7, 11) is 1.68. The molecule has 13 heteroatoms. The van der Waals surface area contributed by atoms with Crippen molar-refractivity contribution in [2.24, 2.45) is 7.05 Å². The number of carbonyl (C=O) groups is 1. The fourth-order valence-electron chi connectivity index (χ4n) is 6.35. The summed E-state index contributed by atoms with van der Waals surface area (Å²) in [5.74, 6) is -0.140. The average molecular weight is 593 g/mol. The van der Waals surface area contributed by atoms with Crippen LogP contribution in [0.3, 0.4) is 0 Å². The van der Waals surface area contributed by atoms with Gasteiger partial charge in [0.1, 0.15) is 12.2 Å². The van der Waals surface area contributed by atoms with Gasteiger partial charge in [0, 0.05) is 43.5 Å². The summed E-state index contributed by atoms with van der Waals surface area (Å²) < 4.78 is 84.6. The van der Waals surface area contributed by atoms with Crippen LogP contribution in [0, 0.1) is 0 Å². The first-order valence-corrected chi connectivity index (χ1v) is 13.7. The Morgan fingerprint density at radius 1 is 1.10 bits per heavy atom. The van der Waals surface area contributed by atoms with Crippen molar-refractivity contribution in [1.82, 2.24) is 25.0 Å². The fraction of sp³-hybridized carbons (Fsp3) is 0.483. The Hall–Kier alpha value is -3.45. The van der Waals surface area contributed by atoms with Crippen molar-refractivity contribution >= 4 is 11.6 Å². The zero-order valence-electron chi connectivity index (χ0n) is 23.1. The molecule has 1 aromatic heterocycles. The monoisotopic (exact) mass is 592 g/mol. The Kier molecular flexibility index (Phi) is 6.88. The number of hydrogen-bond donors (Lipinski definition) is 1. The summed E-state index contributed by atoms with van der Waals surface area (Å²) >= 11 is 0. The maximum atomic E-state index is 14.2. The molecule has 224 valence electrons. The quantitative estimate of drug-likeness (QED) is 0.288. The molecule has 2 aliphatic heterocycles. The van der Waals surface area contributed by atoms with Gasteiger partial charge in [0.2, 0.25) is 6.30 Å². The van der Waals surface area contributed by atoms with Crippen molar-refractivity contribution in [2.45, 2.75) is 69.1 Å². The summed E-state index contributed by atoms with van der Waals surface area (Å²) in [5, 5.41) is 11.4. The first-order valence-electron chi connectivity index (χ1n) is 13.7. The van der Waals surface area contributed by atoms with Gasteiger partial charge < -0.3 is 14.8 Å². The lowest BCUT2D eigenvalue weighted by molar-refractivity contribution is -0.138. The van der Waals surface area contributed by atoms with Crippen molar-refractivity contribution in [1.29, 1.82) is 0 Å². The van der Waals surface area contributed by atoms with E-state index < -0.39 is 35.8 Å². The topological polar surface area (TPSA) is 66.3 Å². The van der Waals surface area contributed by atoms with E-state index in [4.69, 9.17) is 0 Å². The number of hydrogen-bond acceptors (Lipinski definition) is 5. The maximum Gasteiger partial charge on any atom is 0.416 e. The van der Waals surface area contributed by atoms with E-state index >= 15 is 0 Å². The van der Waals surface area contributed by atoms with Crippen LogP contribution in [0.5, 0.6) is 0 Å². The molecule has 0 bridgehead atoms. The SMILES string of the molecule is Cn1cnnc1C1(c2cccc(N3Cc4c(cc(CNC5(C)CCC5)cc4C(F)(F)F)C3=O)c2)CN(C(F)C(F)F)C1. The van der Waals surface area contributed by atoms with Gasteiger partial charge in [-0.2, -0.15) is 13.2 Å². The van der Waals surface area contributed by atoms with Crippen LogP contribution in [-0.4, -0.2) is 56.9 Å². The lowest BCUT2D eigenvalue weighted by atomic mass is 9.72. The second-order valence-corrected chi connectivity index (χ2v) is 11.8. The van der Waals surface area contributed by atoms with Crippen LogP contribution >= 0.6 is 0 Å². The number of nitrogens with zero attached hydrogens (tertiary/aromatic N) is 5. The van der Waals surface area contributed by atoms with Gasteiger partial charge in [-0.05, 0) is 67.1 Å². The van der Waals surface area contributed by atoms with Crippen LogP contribution < -0.4 is 10.2 Å². The molecule has 6 rings (SSSR count). The smallest absolute Gasteiger partial charge is 0.320 e. The highest BCUT2D eigenvalue weighted by Gasteiger charge is 2.53. The molecule has 1 saturated heterocycles. The summed E-state index contributed by atoms with van der Waals surface area (Å²) in [4.78, 5) is 15.9. The lowest BCUT2D eigenvalue weighted by Crippen LogP contribution is -2.64. The molecule has 1 aliphatic carbocycles. The largest absolute Gasteiger partial charge is 0.416 e. The van der Waals surface area contributed by atoms with Gasteiger partial charge in [-0.25, -0.2) is 13.2 Å². The Morgan fingerprint density at radius 2 is 1.83 bits per heavy atom. The number of halogens is 6. The maximum absolute atomic E-state index is 14.2. The highest BCUT2D eigenvalue weighted by Crippen LogP contribution is 2.44. The molecular weight excluding hydrogens is 562 g/mol. The highest BCUT2D eigenvalue weighted by molar-refractivity contribution is 6.10. The van der Waals surface area contributed by atoms with Crippen LogP contribution in [-0.2, 0) is 31.7 Å². The zero-order valence-corrected chi connectivity index (χ0v) is 23.1. The van der Waals surface area contributed by atoms with Gasteiger partial charge >= 0.3 is 6.18 Å². The molecule has 3 aliphatic rings. The first kappa shape index (κ1) is 28.7. The van der Waals surface area contributed by atoms with Crippen LogP contribution in [0.2, 0.25) is 0 Å². The minimum absolute atomic E-state index is 0.000767. The normalized spacial score (nSPS) is 20.4. The second-order valence-electron chi connectivity index (χ2n) is 11.8. The molecule has 1 N–H and O–H groups in total. The molecule has 1 amide bonds. The molecule has 7 nitrogen and oxygen atoms in total. The number of rotatable bonds is 8. The Labute approximate surface area is 238 Å². The molecule has 0 spiro atoms. The number of anilines is 1. The number of aryl methyl sites for hydroxylation is 1. The van der Waals surface area contributed by atoms with Gasteiger partial charge in [0.05, 0.1) is 17.5 Å². The summed E-state index contributed by atoms with van der Waals surface area (Å²) in [6, 6.07) is 9.24. The van der Waals surface area contributed by atoms with E-state index in [0.29, 0.717) is 22.6 Å². The number of aromatic nitrogens is 3. The predicted molar refractivity (Wildman–Crippen MR) is 142 cm³/mol.